The second kappa shape index (κ2) is 4.23. The standard InChI is InChI=1S/C13H9ClN4/c14-9-3-1-8(2-4-9)12-11-7-16-6-5-10(11)13(15)18-17-12/h1-7H,(H2,15,18). The lowest BCUT2D eigenvalue weighted by Crippen LogP contribution is -1.97. The fraction of sp³-hybridized carbons (Fsp3) is 0. The molecule has 4 nitrogen and oxygen atoms in total. The Morgan fingerprint density at radius 1 is 0.944 bits per heavy atom. The van der Waals surface area contributed by atoms with Crippen molar-refractivity contribution in [3.63, 3.8) is 0 Å². The van der Waals surface area contributed by atoms with Gasteiger partial charge in [-0.25, -0.2) is 0 Å². The normalized spacial score (nSPS) is 10.7. The summed E-state index contributed by atoms with van der Waals surface area (Å²) in [5, 5.41) is 10.5. The summed E-state index contributed by atoms with van der Waals surface area (Å²) in [5.74, 6) is 0.408. The molecule has 2 aromatic heterocycles. The lowest BCUT2D eigenvalue weighted by Gasteiger charge is -2.06. The molecule has 0 aliphatic heterocycles. The molecular weight excluding hydrogens is 248 g/mol. The summed E-state index contributed by atoms with van der Waals surface area (Å²) in [7, 11) is 0. The van der Waals surface area contributed by atoms with Gasteiger partial charge in [-0.1, -0.05) is 23.7 Å². The molecule has 5 heteroatoms. The molecule has 0 aliphatic carbocycles. The fourth-order valence-electron chi connectivity index (χ4n) is 1.84. The van der Waals surface area contributed by atoms with E-state index in [9.17, 15) is 0 Å². The zero-order valence-corrected chi connectivity index (χ0v) is 10.1. The molecule has 0 radical (unpaired) electrons. The van der Waals surface area contributed by atoms with Crippen LogP contribution >= 0.6 is 11.6 Å². The van der Waals surface area contributed by atoms with Crippen LogP contribution in [0.1, 0.15) is 0 Å². The summed E-state index contributed by atoms with van der Waals surface area (Å²) < 4.78 is 0. The Morgan fingerprint density at radius 3 is 2.50 bits per heavy atom. The maximum Gasteiger partial charge on any atom is 0.154 e. The lowest BCUT2D eigenvalue weighted by molar-refractivity contribution is 1.06. The predicted octanol–water partition coefficient (Wildman–Crippen LogP) is 2.93. The van der Waals surface area contributed by atoms with Crippen LogP contribution < -0.4 is 5.73 Å². The molecule has 18 heavy (non-hydrogen) atoms. The van der Waals surface area contributed by atoms with Crippen LogP contribution in [0.2, 0.25) is 5.02 Å². The Bertz CT molecular complexity index is 710. The van der Waals surface area contributed by atoms with E-state index in [4.69, 9.17) is 17.3 Å². The van der Waals surface area contributed by atoms with Crippen LogP contribution in [0.3, 0.4) is 0 Å². The van der Waals surface area contributed by atoms with Gasteiger partial charge in [0.05, 0.1) is 0 Å². The van der Waals surface area contributed by atoms with Crippen LogP contribution in [-0.4, -0.2) is 15.2 Å². The van der Waals surface area contributed by atoms with Gasteiger partial charge in [0.1, 0.15) is 5.69 Å². The van der Waals surface area contributed by atoms with E-state index < -0.39 is 0 Å². The molecule has 3 aromatic rings. The molecule has 0 fully saturated rings. The third kappa shape index (κ3) is 1.76. The Kier molecular flexibility index (Phi) is 2.57. The third-order valence-corrected chi connectivity index (χ3v) is 2.98. The quantitative estimate of drug-likeness (QED) is 0.727. The van der Waals surface area contributed by atoms with Crippen molar-refractivity contribution in [3.05, 3.63) is 47.7 Å². The van der Waals surface area contributed by atoms with Crippen LogP contribution in [0.4, 0.5) is 5.82 Å². The van der Waals surface area contributed by atoms with Gasteiger partial charge in [-0.15, -0.1) is 10.2 Å². The first kappa shape index (κ1) is 10.9. The molecule has 2 heterocycles. The number of nitrogens with two attached hydrogens (primary N) is 1. The van der Waals surface area contributed by atoms with Gasteiger partial charge < -0.3 is 5.73 Å². The Hall–Kier alpha value is -2.20. The maximum absolute atomic E-state index is 5.87. The van der Waals surface area contributed by atoms with E-state index in [-0.39, 0.29) is 0 Å². The summed E-state index contributed by atoms with van der Waals surface area (Å²) in [6, 6.07) is 9.26. The van der Waals surface area contributed by atoms with Crippen molar-refractivity contribution in [2.45, 2.75) is 0 Å². The molecule has 0 amide bonds. The van der Waals surface area contributed by atoms with Gasteiger partial charge in [0.15, 0.2) is 5.82 Å². The van der Waals surface area contributed by atoms with Crippen molar-refractivity contribution in [2.24, 2.45) is 0 Å². The first-order valence-corrected chi connectivity index (χ1v) is 5.75. The van der Waals surface area contributed by atoms with E-state index in [1.807, 2.05) is 30.3 Å². The highest BCUT2D eigenvalue weighted by molar-refractivity contribution is 6.30. The summed E-state index contributed by atoms with van der Waals surface area (Å²) in [5.41, 5.74) is 7.49. The molecule has 3 rings (SSSR count). The molecule has 88 valence electrons. The van der Waals surface area contributed by atoms with Gasteiger partial charge in [0.2, 0.25) is 0 Å². The predicted molar refractivity (Wildman–Crippen MR) is 72.2 cm³/mol. The average molecular weight is 257 g/mol. The summed E-state index contributed by atoms with van der Waals surface area (Å²) in [6.45, 7) is 0. The van der Waals surface area contributed by atoms with Crippen molar-refractivity contribution >= 4 is 28.2 Å². The first-order chi connectivity index (χ1) is 8.75. The maximum atomic E-state index is 5.87. The van der Waals surface area contributed by atoms with Gasteiger partial charge in [-0.3, -0.25) is 4.98 Å². The van der Waals surface area contributed by atoms with E-state index >= 15 is 0 Å². The molecule has 0 saturated heterocycles. The van der Waals surface area contributed by atoms with Crippen LogP contribution in [0.5, 0.6) is 0 Å². The number of fused-ring (bicyclic) bond motifs is 1. The molecular formula is C13H9ClN4. The van der Waals surface area contributed by atoms with Crippen molar-refractivity contribution in [1.82, 2.24) is 15.2 Å². The van der Waals surface area contributed by atoms with Crippen molar-refractivity contribution in [2.75, 3.05) is 5.73 Å². The van der Waals surface area contributed by atoms with Gasteiger partial charge in [0.25, 0.3) is 0 Å². The van der Waals surface area contributed by atoms with Crippen molar-refractivity contribution in [1.29, 1.82) is 0 Å². The first-order valence-electron chi connectivity index (χ1n) is 5.37. The van der Waals surface area contributed by atoms with Crippen LogP contribution in [-0.2, 0) is 0 Å². The van der Waals surface area contributed by atoms with E-state index in [1.165, 1.54) is 0 Å². The zero-order chi connectivity index (χ0) is 12.5. The van der Waals surface area contributed by atoms with Crippen LogP contribution in [0.25, 0.3) is 22.0 Å². The summed E-state index contributed by atoms with van der Waals surface area (Å²) in [4.78, 5) is 4.11. The van der Waals surface area contributed by atoms with Gasteiger partial charge >= 0.3 is 0 Å². The fourth-order valence-corrected chi connectivity index (χ4v) is 1.97. The topological polar surface area (TPSA) is 64.7 Å². The highest BCUT2D eigenvalue weighted by atomic mass is 35.5. The number of halogens is 1. The Balaban J connectivity index is 2.30. The number of nitrogens with zero attached hydrogens (tertiary/aromatic N) is 3. The number of aromatic nitrogens is 3. The minimum absolute atomic E-state index is 0.408. The van der Waals surface area contributed by atoms with Gasteiger partial charge in [-0.05, 0) is 18.2 Å². The molecule has 0 atom stereocenters. The molecule has 0 saturated carbocycles. The number of rotatable bonds is 1. The lowest BCUT2D eigenvalue weighted by atomic mass is 10.1. The molecule has 0 unspecified atom stereocenters. The van der Waals surface area contributed by atoms with Gasteiger partial charge in [-0.2, -0.15) is 0 Å². The largest absolute Gasteiger partial charge is 0.382 e. The SMILES string of the molecule is Nc1nnc(-c2ccc(Cl)cc2)c2cnccc12. The molecule has 2 N–H and O–H groups in total. The number of hydrogen-bond donors (Lipinski definition) is 1. The Labute approximate surface area is 108 Å². The highest BCUT2D eigenvalue weighted by Crippen LogP contribution is 2.28. The minimum atomic E-state index is 0.408. The number of anilines is 1. The third-order valence-electron chi connectivity index (χ3n) is 2.73. The zero-order valence-electron chi connectivity index (χ0n) is 9.34. The molecule has 0 spiro atoms. The van der Waals surface area contributed by atoms with E-state index in [1.54, 1.807) is 12.4 Å². The second-order valence-electron chi connectivity index (χ2n) is 3.86. The number of nitrogen functional groups attached to an aromatic ring is 1. The van der Waals surface area contributed by atoms with Crippen molar-refractivity contribution in [3.8, 4) is 11.3 Å². The monoisotopic (exact) mass is 256 g/mol. The number of pyridine rings is 1. The Morgan fingerprint density at radius 2 is 1.72 bits per heavy atom. The average Bonchev–Trinajstić information content (AvgIpc) is 2.41. The van der Waals surface area contributed by atoms with E-state index in [0.29, 0.717) is 10.8 Å². The highest BCUT2D eigenvalue weighted by Gasteiger charge is 2.09. The van der Waals surface area contributed by atoms with E-state index in [2.05, 4.69) is 15.2 Å². The van der Waals surface area contributed by atoms with Crippen LogP contribution in [0.15, 0.2) is 42.7 Å². The van der Waals surface area contributed by atoms with Crippen molar-refractivity contribution < 1.29 is 0 Å². The number of benzene rings is 1. The second-order valence-corrected chi connectivity index (χ2v) is 4.30. The molecule has 0 aliphatic rings. The van der Waals surface area contributed by atoms with Gasteiger partial charge in [0, 0.05) is 33.8 Å². The van der Waals surface area contributed by atoms with Crippen LogP contribution in [0, 0.1) is 0 Å². The smallest absolute Gasteiger partial charge is 0.154 e. The minimum Gasteiger partial charge on any atom is -0.382 e. The molecule has 0 bridgehead atoms. The summed E-state index contributed by atoms with van der Waals surface area (Å²) >= 11 is 5.87. The number of hydrogen-bond acceptors (Lipinski definition) is 4. The summed E-state index contributed by atoms with van der Waals surface area (Å²) in [6.07, 6.45) is 3.43. The van der Waals surface area contributed by atoms with E-state index in [0.717, 1.165) is 22.0 Å². The molecule has 1 aromatic carbocycles.